The maximum Gasteiger partial charge on any atom is 0.369 e. The van der Waals surface area contributed by atoms with Gasteiger partial charge in [-0.25, -0.2) is 4.79 Å². The van der Waals surface area contributed by atoms with Crippen molar-refractivity contribution in [3.05, 3.63) is 108 Å². The molecule has 0 bridgehead atoms. The molecule has 0 unspecified atom stereocenters. The molecule has 0 aliphatic heterocycles. The molecule has 170 valence electrons. The van der Waals surface area contributed by atoms with Crippen molar-refractivity contribution < 1.29 is 23.8 Å². The van der Waals surface area contributed by atoms with Crippen molar-refractivity contribution in [2.45, 2.75) is 0 Å². The number of benzene rings is 3. The second kappa shape index (κ2) is 10.7. The van der Waals surface area contributed by atoms with Crippen LogP contribution < -0.4 is 14.2 Å². The van der Waals surface area contributed by atoms with Crippen LogP contribution >= 0.6 is 0 Å². The lowest BCUT2D eigenvalue weighted by molar-refractivity contribution is 0.0514. The molecule has 0 aliphatic rings. The van der Waals surface area contributed by atoms with E-state index in [9.17, 15) is 4.79 Å². The average molecular weight is 455 g/mol. The van der Waals surface area contributed by atoms with Crippen LogP contribution in [0.4, 0.5) is 0 Å². The molecule has 0 saturated heterocycles. The van der Waals surface area contributed by atoms with Crippen molar-refractivity contribution in [1.82, 2.24) is 9.97 Å². The molecular weight excluding hydrogens is 434 g/mol. The molecule has 8 nitrogen and oxygen atoms in total. The molecule has 0 saturated carbocycles. The first-order valence-corrected chi connectivity index (χ1v) is 10.3. The van der Waals surface area contributed by atoms with E-state index in [4.69, 9.17) is 19.0 Å². The normalized spacial score (nSPS) is 10.2. The van der Waals surface area contributed by atoms with Crippen LogP contribution in [0, 0.1) is 0 Å². The van der Waals surface area contributed by atoms with E-state index in [2.05, 4.69) is 15.1 Å². The minimum Gasteiger partial charge on any atom is -0.481 e. The number of aromatic nitrogens is 2. The van der Waals surface area contributed by atoms with Crippen molar-refractivity contribution in [2.75, 3.05) is 14.2 Å². The fourth-order valence-electron chi connectivity index (χ4n) is 3.06. The number of carbonyl (C=O) groups is 1. The summed E-state index contributed by atoms with van der Waals surface area (Å²) >= 11 is 0. The zero-order valence-electron chi connectivity index (χ0n) is 18.5. The zero-order chi connectivity index (χ0) is 23.8. The number of oxime groups is 1. The lowest BCUT2D eigenvalue weighted by Gasteiger charge is -2.10. The van der Waals surface area contributed by atoms with Gasteiger partial charge >= 0.3 is 12.0 Å². The standard InChI is InChI=1S/C26H21N3O5/c1-31-22-17-23(32-2)28-26(27-22)33-21-16-10-9-15-20(21)25(30)34-29-24(18-11-5-3-6-12-18)19-13-7-4-8-14-19/h3-17H,1-2H3. The summed E-state index contributed by atoms with van der Waals surface area (Å²) in [4.78, 5) is 26.6. The van der Waals surface area contributed by atoms with Gasteiger partial charge in [0.05, 0.1) is 20.3 Å². The molecule has 0 fully saturated rings. The third-order valence-electron chi connectivity index (χ3n) is 4.70. The summed E-state index contributed by atoms with van der Waals surface area (Å²) in [5.41, 5.74) is 2.29. The Balaban J connectivity index is 1.62. The van der Waals surface area contributed by atoms with Crippen LogP contribution in [0.2, 0.25) is 0 Å². The van der Waals surface area contributed by atoms with Gasteiger partial charge in [-0.3, -0.25) is 0 Å². The molecule has 1 heterocycles. The van der Waals surface area contributed by atoms with Crippen molar-refractivity contribution in [2.24, 2.45) is 5.16 Å². The summed E-state index contributed by atoms with van der Waals surface area (Å²) in [6.07, 6.45) is 0. The number of hydrogen-bond acceptors (Lipinski definition) is 8. The van der Waals surface area contributed by atoms with Gasteiger partial charge in [-0.15, -0.1) is 0 Å². The topological polar surface area (TPSA) is 92.1 Å². The van der Waals surface area contributed by atoms with Crippen LogP contribution in [0.5, 0.6) is 23.5 Å². The summed E-state index contributed by atoms with van der Waals surface area (Å²) in [5.74, 6) is -0.00227. The van der Waals surface area contributed by atoms with Crippen molar-refractivity contribution in [1.29, 1.82) is 0 Å². The monoisotopic (exact) mass is 455 g/mol. The van der Waals surface area contributed by atoms with Crippen molar-refractivity contribution >= 4 is 11.7 Å². The summed E-state index contributed by atoms with van der Waals surface area (Å²) in [5, 5.41) is 4.18. The van der Waals surface area contributed by atoms with Gasteiger partial charge in [-0.2, -0.15) is 9.97 Å². The molecule has 4 rings (SSSR count). The van der Waals surface area contributed by atoms with E-state index >= 15 is 0 Å². The highest BCUT2D eigenvalue weighted by atomic mass is 16.7. The Morgan fingerprint density at radius 2 is 1.26 bits per heavy atom. The van der Waals surface area contributed by atoms with E-state index < -0.39 is 5.97 Å². The van der Waals surface area contributed by atoms with E-state index in [0.29, 0.717) is 5.71 Å². The zero-order valence-corrected chi connectivity index (χ0v) is 18.5. The second-order valence-electron chi connectivity index (χ2n) is 6.88. The first kappa shape index (κ1) is 22.5. The number of hydrogen-bond donors (Lipinski definition) is 0. The Hall–Kier alpha value is -4.72. The van der Waals surface area contributed by atoms with Crippen molar-refractivity contribution in [3.63, 3.8) is 0 Å². The summed E-state index contributed by atoms with van der Waals surface area (Å²) in [7, 11) is 2.93. The molecule has 0 radical (unpaired) electrons. The number of rotatable bonds is 8. The Bertz CT molecular complexity index is 1230. The number of methoxy groups -OCH3 is 2. The summed E-state index contributed by atoms with van der Waals surface area (Å²) in [6, 6.07) is 27.0. The number of para-hydroxylation sites is 1. The fourth-order valence-corrected chi connectivity index (χ4v) is 3.06. The SMILES string of the molecule is COc1cc(OC)nc(Oc2ccccc2C(=O)ON=C(c2ccccc2)c2ccccc2)n1. The minimum absolute atomic E-state index is 0.0470. The summed E-state index contributed by atoms with van der Waals surface area (Å²) in [6.45, 7) is 0. The van der Waals surface area contributed by atoms with Gasteiger partial charge in [-0.1, -0.05) is 78.0 Å². The molecule has 0 N–H and O–H groups in total. The van der Waals surface area contributed by atoms with Gasteiger partial charge in [-0.05, 0) is 12.1 Å². The van der Waals surface area contributed by atoms with Gasteiger partial charge in [0.1, 0.15) is 17.0 Å². The van der Waals surface area contributed by atoms with Crippen molar-refractivity contribution in [3.8, 4) is 23.5 Å². The van der Waals surface area contributed by atoms with Crippen LogP contribution in [0.15, 0.2) is 96.2 Å². The smallest absolute Gasteiger partial charge is 0.369 e. The van der Waals surface area contributed by atoms with Gasteiger partial charge in [0.2, 0.25) is 11.8 Å². The van der Waals surface area contributed by atoms with Gasteiger partial charge in [0.25, 0.3) is 0 Å². The van der Waals surface area contributed by atoms with E-state index in [-0.39, 0.29) is 29.1 Å². The van der Waals surface area contributed by atoms with E-state index in [0.717, 1.165) is 11.1 Å². The first-order chi connectivity index (χ1) is 16.7. The lowest BCUT2D eigenvalue weighted by atomic mass is 10.0. The lowest BCUT2D eigenvalue weighted by Crippen LogP contribution is -2.09. The minimum atomic E-state index is -0.699. The highest BCUT2D eigenvalue weighted by Crippen LogP contribution is 2.27. The van der Waals surface area contributed by atoms with Crippen LogP contribution in [-0.2, 0) is 4.84 Å². The van der Waals surface area contributed by atoms with E-state index in [1.807, 2.05) is 60.7 Å². The average Bonchev–Trinajstić information content (AvgIpc) is 2.90. The molecule has 0 atom stereocenters. The Labute approximate surface area is 196 Å². The molecule has 34 heavy (non-hydrogen) atoms. The number of carbonyl (C=O) groups excluding carboxylic acids is 1. The Kier molecular flexibility index (Phi) is 7.09. The molecule has 3 aromatic carbocycles. The fraction of sp³-hybridized carbons (Fsp3) is 0.0769. The molecule has 0 amide bonds. The molecular formula is C26H21N3O5. The summed E-state index contributed by atoms with van der Waals surface area (Å²) < 4.78 is 16.0. The Morgan fingerprint density at radius 1 is 0.735 bits per heavy atom. The first-order valence-electron chi connectivity index (χ1n) is 10.3. The predicted molar refractivity (Wildman–Crippen MR) is 126 cm³/mol. The Morgan fingerprint density at radius 3 is 1.82 bits per heavy atom. The van der Waals surface area contributed by atoms with Crippen LogP contribution in [0.3, 0.4) is 0 Å². The van der Waals surface area contributed by atoms with Gasteiger partial charge < -0.3 is 19.0 Å². The molecule has 8 heteroatoms. The highest BCUT2D eigenvalue weighted by Gasteiger charge is 2.18. The van der Waals surface area contributed by atoms with Crippen LogP contribution in [0.1, 0.15) is 21.5 Å². The van der Waals surface area contributed by atoms with E-state index in [1.165, 1.54) is 20.3 Å². The molecule has 0 spiro atoms. The third kappa shape index (κ3) is 5.36. The maximum atomic E-state index is 13.0. The quantitative estimate of drug-likeness (QED) is 0.212. The highest BCUT2D eigenvalue weighted by molar-refractivity contribution is 6.12. The molecule has 4 aromatic rings. The van der Waals surface area contributed by atoms with Crippen LogP contribution in [-0.4, -0.2) is 35.9 Å². The second-order valence-corrected chi connectivity index (χ2v) is 6.88. The number of ether oxygens (including phenoxy) is 3. The predicted octanol–water partition coefficient (Wildman–Crippen LogP) is 4.90. The number of nitrogens with zero attached hydrogens (tertiary/aromatic N) is 3. The van der Waals surface area contributed by atoms with Gasteiger partial charge in [0.15, 0.2) is 0 Å². The van der Waals surface area contributed by atoms with Crippen LogP contribution in [0.25, 0.3) is 0 Å². The van der Waals surface area contributed by atoms with Gasteiger partial charge in [0, 0.05) is 11.1 Å². The maximum absolute atomic E-state index is 13.0. The third-order valence-corrected chi connectivity index (χ3v) is 4.70. The van der Waals surface area contributed by atoms with E-state index in [1.54, 1.807) is 24.3 Å². The molecule has 0 aliphatic carbocycles. The largest absolute Gasteiger partial charge is 0.481 e. The molecule has 1 aromatic heterocycles.